The molecule has 3 aliphatic heterocycles. The second-order valence-electron chi connectivity index (χ2n) is 11.4. The number of hydrogen-bond acceptors (Lipinski definition) is 3. The van der Waals surface area contributed by atoms with Crippen LogP contribution in [0, 0.1) is 13.8 Å². The summed E-state index contributed by atoms with van der Waals surface area (Å²) in [6, 6.07) is 13.1. The second-order valence-corrected chi connectivity index (χ2v) is 11.4. The van der Waals surface area contributed by atoms with Crippen molar-refractivity contribution in [2.45, 2.75) is 89.8 Å². The van der Waals surface area contributed by atoms with E-state index in [2.05, 4.69) is 28.5 Å². The number of hydrogen-bond donors (Lipinski definition) is 0. The molecule has 3 fully saturated rings. The summed E-state index contributed by atoms with van der Waals surface area (Å²) in [5.74, 6) is 0.199. The molecule has 2 unspecified atom stereocenters. The van der Waals surface area contributed by atoms with Crippen molar-refractivity contribution in [1.82, 2.24) is 14.7 Å². The fourth-order valence-electron chi connectivity index (χ4n) is 7.11. The number of piperidine rings is 1. The summed E-state index contributed by atoms with van der Waals surface area (Å²) < 4.78 is 38.9. The lowest BCUT2D eigenvalue weighted by molar-refractivity contribution is -0.137. The normalized spacial score (nSPS) is 27.9. The molecule has 5 rings (SSSR count). The second kappa shape index (κ2) is 10.1. The van der Waals surface area contributed by atoms with Gasteiger partial charge in [-0.3, -0.25) is 14.6 Å². The van der Waals surface area contributed by atoms with Gasteiger partial charge in [-0.2, -0.15) is 13.2 Å². The number of carbonyl (C=O) groups excluding carboxylic acids is 1. The monoisotopic (exact) mass is 513 g/mol. The molecule has 4 nitrogen and oxygen atoms in total. The minimum atomic E-state index is -4.31. The SMILES string of the molecule is Cc1cccc(C)c1C(=O)N1C2CCC1CC(N1CCN([C@@H](C)c3ccc(C(F)(F)F)cc3)[C@@H](C)C1)C2. The van der Waals surface area contributed by atoms with Crippen molar-refractivity contribution in [2.24, 2.45) is 0 Å². The molecule has 0 saturated carbocycles. The zero-order valence-electron chi connectivity index (χ0n) is 22.3. The van der Waals surface area contributed by atoms with Crippen molar-refractivity contribution in [3.63, 3.8) is 0 Å². The topological polar surface area (TPSA) is 26.8 Å². The van der Waals surface area contributed by atoms with Crippen molar-refractivity contribution < 1.29 is 18.0 Å². The molecular weight excluding hydrogens is 475 g/mol. The van der Waals surface area contributed by atoms with E-state index in [1.165, 1.54) is 12.1 Å². The zero-order valence-corrected chi connectivity index (χ0v) is 22.3. The van der Waals surface area contributed by atoms with Gasteiger partial charge in [0, 0.05) is 55.4 Å². The number of benzene rings is 2. The third-order valence-electron chi connectivity index (χ3n) is 9.08. The first kappa shape index (κ1) is 26.2. The van der Waals surface area contributed by atoms with E-state index in [1.807, 2.05) is 32.0 Å². The van der Waals surface area contributed by atoms with Crippen LogP contribution >= 0.6 is 0 Å². The number of carbonyl (C=O) groups is 1. The molecule has 4 atom stereocenters. The minimum Gasteiger partial charge on any atom is -0.333 e. The van der Waals surface area contributed by atoms with Crippen LogP contribution in [0.5, 0.6) is 0 Å². The first-order chi connectivity index (χ1) is 17.5. The van der Waals surface area contributed by atoms with Crippen LogP contribution in [-0.4, -0.2) is 64.4 Å². The van der Waals surface area contributed by atoms with Crippen molar-refractivity contribution in [2.75, 3.05) is 19.6 Å². The number of aryl methyl sites for hydroxylation is 2. The summed E-state index contributed by atoms with van der Waals surface area (Å²) >= 11 is 0. The Bertz CT molecular complexity index is 1100. The van der Waals surface area contributed by atoms with E-state index < -0.39 is 11.7 Å². The van der Waals surface area contributed by atoms with Gasteiger partial charge in [-0.1, -0.05) is 30.3 Å². The molecule has 0 radical (unpaired) electrons. The lowest BCUT2D eigenvalue weighted by atomic mass is 9.92. The van der Waals surface area contributed by atoms with Crippen LogP contribution in [0.15, 0.2) is 42.5 Å². The molecule has 0 N–H and O–H groups in total. The van der Waals surface area contributed by atoms with Crippen LogP contribution in [0.4, 0.5) is 13.2 Å². The maximum absolute atomic E-state index is 13.6. The Morgan fingerprint density at radius 1 is 0.919 bits per heavy atom. The molecule has 0 spiro atoms. The summed E-state index contributed by atoms with van der Waals surface area (Å²) in [6.07, 6.45) is -0.0989. The molecule has 0 aromatic heterocycles. The first-order valence-electron chi connectivity index (χ1n) is 13.6. The standard InChI is InChI=1S/C30H38F3N3O/c1-19-6-5-7-20(2)28(19)29(37)36-25-12-13-26(36)17-27(16-25)34-14-15-35(21(3)18-34)22(4)23-8-10-24(11-9-23)30(31,32)33/h5-11,21-22,25-27H,12-18H2,1-4H3/t21-,22-,25?,26?,27?/m0/s1. The summed E-state index contributed by atoms with van der Waals surface area (Å²) in [5, 5.41) is 0. The molecule has 37 heavy (non-hydrogen) atoms. The number of fused-ring (bicyclic) bond motifs is 2. The van der Waals surface area contributed by atoms with E-state index in [4.69, 9.17) is 0 Å². The van der Waals surface area contributed by atoms with Gasteiger partial charge in [0.1, 0.15) is 0 Å². The van der Waals surface area contributed by atoms with Crippen LogP contribution in [0.2, 0.25) is 0 Å². The summed E-state index contributed by atoms with van der Waals surface area (Å²) in [6.45, 7) is 11.2. The van der Waals surface area contributed by atoms with Crippen LogP contribution in [0.1, 0.15) is 78.2 Å². The Balaban J connectivity index is 1.22. The highest BCUT2D eigenvalue weighted by molar-refractivity contribution is 5.97. The Morgan fingerprint density at radius 2 is 1.51 bits per heavy atom. The first-order valence-corrected chi connectivity index (χ1v) is 13.6. The van der Waals surface area contributed by atoms with Crippen molar-refractivity contribution >= 4 is 5.91 Å². The molecule has 3 heterocycles. The number of rotatable bonds is 4. The Morgan fingerprint density at radius 3 is 2.05 bits per heavy atom. The Kier molecular flexibility index (Phi) is 7.14. The van der Waals surface area contributed by atoms with E-state index in [-0.39, 0.29) is 11.9 Å². The van der Waals surface area contributed by atoms with Crippen LogP contribution in [0.25, 0.3) is 0 Å². The lowest BCUT2D eigenvalue weighted by Crippen LogP contribution is -2.59. The van der Waals surface area contributed by atoms with E-state index in [0.29, 0.717) is 24.2 Å². The average Bonchev–Trinajstić information content (AvgIpc) is 3.12. The molecule has 1 amide bonds. The molecule has 3 saturated heterocycles. The van der Waals surface area contributed by atoms with Gasteiger partial charge in [0.05, 0.1) is 5.56 Å². The maximum atomic E-state index is 13.6. The molecule has 7 heteroatoms. The highest BCUT2D eigenvalue weighted by Crippen LogP contribution is 2.40. The molecule has 2 bridgehead atoms. The summed E-state index contributed by atoms with van der Waals surface area (Å²) in [7, 11) is 0. The number of nitrogens with zero attached hydrogens (tertiary/aromatic N) is 3. The molecular formula is C30H38F3N3O. The van der Waals surface area contributed by atoms with Gasteiger partial charge in [0.2, 0.25) is 0 Å². The quantitative estimate of drug-likeness (QED) is 0.485. The fourth-order valence-corrected chi connectivity index (χ4v) is 7.11. The van der Waals surface area contributed by atoms with Crippen molar-refractivity contribution in [3.8, 4) is 0 Å². The minimum absolute atomic E-state index is 0.0624. The largest absolute Gasteiger partial charge is 0.416 e. The van der Waals surface area contributed by atoms with Gasteiger partial charge in [-0.15, -0.1) is 0 Å². The van der Waals surface area contributed by atoms with Crippen molar-refractivity contribution in [3.05, 3.63) is 70.3 Å². The fraction of sp³-hybridized carbons (Fsp3) is 0.567. The molecule has 0 aliphatic carbocycles. The molecule has 2 aromatic rings. The third-order valence-corrected chi connectivity index (χ3v) is 9.08. The average molecular weight is 514 g/mol. The van der Waals surface area contributed by atoms with Crippen molar-refractivity contribution in [1.29, 1.82) is 0 Å². The third kappa shape index (κ3) is 5.05. The van der Waals surface area contributed by atoms with Gasteiger partial charge < -0.3 is 4.90 Å². The van der Waals surface area contributed by atoms with Crippen LogP contribution in [0.3, 0.4) is 0 Å². The zero-order chi connectivity index (χ0) is 26.5. The van der Waals surface area contributed by atoms with Crippen LogP contribution in [-0.2, 0) is 6.18 Å². The lowest BCUT2D eigenvalue weighted by Gasteiger charge is -2.49. The smallest absolute Gasteiger partial charge is 0.333 e. The predicted octanol–water partition coefficient (Wildman–Crippen LogP) is 6.23. The van der Waals surface area contributed by atoms with E-state index >= 15 is 0 Å². The van der Waals surface area contributed by atoms with Gasteiger partial charge in [0.15, 0.2) is 0 Å². The molecule has 2 aromatic carbocycles. The number of piperazine rings is 1. The van der Waals surface area contributed by atoms with E-state index in [9.17, 15) is 18.0 Å². The van der Waals surface area contributed by atoms with Gasteiger partial charge in [0.25, 0.3) is 5.91 Å². The Labute approximate surface area is 218 Å². The number of halogens is 3. The molecule has 3 aliphatic rings. The number of alkyl halides is 3. The molecule has 200 valence electrons. The van der Waals surface area contributed by atoms with Gasteiger partial charge in [-0.05, 0) is 82.2 Å². The summed E-state index contributed by atoms with van der Waals surface area (Å²) in [4.78, 5) is 20.8. The van der Waals surface area contributed by atoms with Crippen LogP contribution < -0.4 is 0 Å². The number of amides is 1. The van der Waals surface area contributed by atoms with Gasteiger partial charge in [-0.25, -0.2) is 0 Å². The van der Waals surface area contributed by atoms with E-state index in [1.54, 1.807) is 12.1 Å². The van der Waals surface area contributed by atoms with Gasteiger partial charge >= 0.3 is 6.18 Å². The van der Waals surface area contributed by atoms with E-state index in [0.717, 1.165) is 67.6 Å². The predicted molar refractivity (Wildman–Crippen MR) is 140 cm³/mol. The highest BCUT2D eigenvalue weighted by Gasteiger charge is 2.46. The highest BCUT2D eigenvalue weighted by atomic mass is 19.4. The summed E-state index contributed by atoms with van der Waals surface area (Å²) in [5.41, 5.74) is 3.30. The maximum Gasteiger partial charge on any atom is 0.416 e. The Hall–Kier alpha value is -2.38.